The Morgan fingerprint density at radius 3 is 1.86 bits per heavy atom. The van der Waals surface area contributed by atoms with Gasteiger partial charge in [0.05, 0.1) is 11.6 Å². The van der Waals surface area contributed by atoms with Gasteiger partial charge >= 0.3 is 0 Å². The van der Waals surface area contributed by atoms with Crippen LogP contribution in [0.3, 0.4) is 0 Å². The summed E-state index contributed by atoms with van der Waals surface area (Å²) in [7, 11) is 0. The van der Waals surface area contributed by atoms with Crippen LogP contribution in [0.5, 0.6) is 0 Å². The van der Waals surface area contributed by atoms with E-state index < -0.39 is 0 Å². The Balaban J connectivity index is 1.58. The molecule has 1 aromatic rings. The molecule has 0 spiro atoms. The highest BCUT2D eigenvalue weighted by atomic mass is 14.4. The van der Waals surface area contributed by atoms with Gasteiger partial charge in [0.2, 0.25) is 0 Å². The van der Waals surface area contributed by atoms with Crippen molar-refractivity contribution in [3.63, 3.8) is 0 Å². The van der Waals surface area contributed by atoms with Crippen molar-refractivity contribution in [3.8, 4) is 6.07 Å². The molecule has 1 aromatic carbocycles. The van der Waals surface area contributed by atoms with E-state index in [-0.39, 0.29) is 0 Å². The zero-order valence-corrected chi connectivity index (χ0v) is 19.0. The molecule has 1 heteroatoms. The monoisotopic (exact) mass is 393 g/mol. The van der Waals surface area contributed by atoms with Gasteiger partial charge in [0, 0.05) is 0 Å². The van der Waals surface area contributed by atoms with Gasteiger partial charge in [-0.25, -0.2) is 0 Å². The highest BCUT2D eigenvalue weighted by molar-refractivity contribution is 5.35. The lowest BCUT2D eigenvalue weighted by molar-refractivity contribution is 0.144. The van der Waals surface area contributed by atoms with Crippen LogP contribution in [-0.4, -0.2) is 0 Å². The molecular weight excluding hydrogens is 350 g/mol. The molecule has 0 radical (unpaired) electrons. The Bertz CT molecular complexity index is 623. The van der Waals surface area contributed by atoms with E-state index in [0.29, 0.717) is 10.8 Å². The fourth-order valence-electron chi connectivity index (χ4n) is 6.45. The maximum absolute atomic E-state index is 9.15. The van der Waals surface area contributed by atoms with E-state index in [1.165, 1.54) is 121 Å². The summed E-state index contributed by atoms with van der Waals surface area (Å²) in [5.74, 6) is 0. The molecule has 3 rings (SSSR count). The summed E-state index contributed by atoms with van der Waals surface area (Å²) in [5.41, 5.74) is 3.37. The minimum absolute atomic E-state index is 0.383. The van der Waals surface area contributed by atoms with Gasteiger partial charge in [0.25, 0.3) is 0 Å². The SMILES string of the molecule is CCCCCC1(CCCCC2(c3ccc(C#N)cc3)CCCCC2)CCCCC1. The molecule has 2 fully saturated rings. The molecule has 2 saturated carbocycles. The highest BCUT2D eigenvalue weighted by Gasteiger charge is 2.34. The smallest absolute Gasteiger partial charge is 0.0991 e. The Morgan fingerprint density at radius 1 is 0.724 bits per heavy atom. The molecule has 0 amide bonds. The summed E-state index contributed by atoms with van der Waals surface area (Å²) in [6, 6.07) is 10.9. The summed E-state index contributed by atoms with van der Waals surface area (Å²) >= 11 is 0. The van der Waals surface area contributed by atoms with Crippen molar-refractivity contribution >= 4 is 0 Å². The van der Waals surface area contributed by atoms with E-state index in [0.717, 1.165) is 5.56 Å². The molecule has 0 bridgehead atoms. The van der Waals surface area contributed by atoms with Crippen molar-refractivity contribution in [2.75, 3.05) is 0 Å². The first kappa shape index (κ1) is 22.4. The maximum Gasteiger partial charge on any atom is 0.0991 e. The number of nitrogens with zero attached hydrogens (tertiary/aromatic N) is 1. The van der Waals surface area contributed by atoms with E-state index >= 15 is 0 Å². The highest BCUT2D eigenvalue weighted by Crippen LogP contribution is 2.47. The molecule has 2 aliphatic rings. The normalized spacial score (nSPS) is 20.8. The van der Waals surface area contributed by atoms with Crippen molar-refractivity contribution in [1.82, 2.24) is 0 Å². The van der Waals surface area contributed by atoms with Crippen LogP contribution in [0.1, 0.15) is 134 Å². The van der Waals surface area contributed by atoms with Crippen molar-refractivity contribution in [3.05, 3.63) is 35.4 Å². The first-order valence-corrected chi connectivity index (χ1v) is 12.7. The van der Waals surface area contributed by atoms with Crippen LogP contribution in [0.2, 0.25) is 0 Å². The molecule has 160 valence electrons. The lowest BCUT2D eigenvalue weighted by Gasteiger charge is -2.40. The zero-order valence-electron chi connectivity index (χ0n) is 19.0. The Hall–Kier alpha value is -1.29. The third-order valence-corrected chi connectivity index (χ3v) is 8.27. The maximum atomic E-state index is 9.15. The quantitative estimate of drug-likeness (QED) is 0.364. The second kappa shape index (κ2) is 11.2. The van der Waals surface area contributed by atoms with Gasteiger partial charge in [0.1, 0.15) is 0 Å². The minimum atomic E-state index is 0.383. The van der Waals surface area contributed by atoms with Crippen molar-refractivity contribution < 1.29 is 0 Å². The van der Waals surface area contributed by atoms with Crippen molar-refractivity contribution in [1.29, 1.82) is 5.26 Å². The van der Waals surface area contributed by atoms with Gasteiger partial charge in [0.15, 0.2) is 0 Å². The van der Waals surface area contributed by atoms with E-state index in [1.54, 1.807) is 0 Å². The third-order valence-electron chi connectivity index (χ3n) is 8.27. The number of hydrogen-bond donors (Lipinski definition) is 0. The van der Waals surface area contributed by atoms with Crippen LogP contribution < -0.4 is 0 Å². The topological polar surface area (TPSA) is 23.8 Å². The van der Waals surface area contributed by atoms with E-state index in [4.69, 9.17) is 5.26 Å². The third kappa shape index (κ3) is 6.10. The summed E-state index contributed by atoms with van der Waals surface area (Å²) in [4.78, 5) is 0. The number of unbranched alkanes of at least 4 members (excludes halogenated alkanes) is 3. The lowest BCUT2D eigenvalue weighted by atomic mass is 9.65. The minimum Gasteiger partial charge on any atom is -0.192 e. The molecule has 0 atom stereocenters. The van der Waals surface area contributed by atoms with E-state index in [1.807, 2.05) is 12.1 Å². The Morgan fingerprint density at radius 2 is 1.28 bits per heavy atom. The predicted octanol–water partition coefficient (Wildman–Crippen LogP) is 8.85. The average molecular weight is 394 g/mol. The van der Waals surface area contributed by atoms with Crippen LogP contribution >= 0.6 is 0 Å². The second-order valence-corrected chi connectivity index (χ2v) is 10.3. The van der Waals surface area contributed by atoms with Gasteiger partial charge in [-0.05, 0) is 73.5 Å². The van der Waals surface area contributed by atoms with Gasteiger partial charge < -0.3 is 0 Å². The first-order valence-electron chi connectivity index (χ1n) is 12.7. The molecular formula is C28H43N. The Labute approximate surface area is 180 Å². The average Bonchev–Trinajstić information content (AvgIpc) is 2.78. The fraction of sp³-hybridized carbons (Fsp3) is 0.750. The summed E-state index contributed by atoms with van der Waals surface area (Å²) in [6.45, 7) is 2.33. The molecule has 0 N–H and O–H groups in total. The van der Waals surface area contributed by atoms with Crippen molar-refractivity contribution in [2.24, 2.45) is 5.41 Å². The molecule has 0 unspecified atom stereocenters. The number of benzene rings is 1. The predicted molar refractivity (Wildman–Crippen MR) is 124 cm³/mol. The molecule has 1 nitrogen and oxygen atoms in total. The largest absolute Gasteiger partial charge is 0.192 e. The lowest BCUT2D eigenvalue weighted by Crippen LogP contribution is -2.29. The van der Waals surface area contributed by atoms with Gasteiger partial charge in [-0.3, -0.25) is 0 Å². The number of nitriles is 1. The Kier molecular flexibility index (Phi) is 8.65. The van der Waals surface area contributed by atoms with Crippen LogP contribution in [0.15, 0.2) is 24.3 Å². The summed E-state index contributed by atoms with van der Waals surface area (Å²) in [5, 5.41) is 9.15. The molecule has 0 heterocycles. The second-order valence-electron chi connectivity index (χ2n) is 10.3. The summed E-state index contributed by atoms with van der Waals surface area (Å²) < 4.78 is 0. The van der Waals surface area contributed by atoms with Gasteiger partial charge in [-0.15, -0.1) is 0 Å². The van der Waals surface area contributed by atoms with Crippen LogP contribution in [0.25, 0.3) is 0 Å². The van der Waals surface area contributed by atoms with Crippen molar-refractivity contribution in [2.45, 2.75) is 128 Å². The zero-order chi connectivity index (χ0) is 20.4. The van der Waals surface area contributed by atoms with Crippen LogP contribution in [0.4, 0.5) is 0 Å². The van der Waals surface area contributed by atoms with Crippen LogP contribution in [0, 0.1) is 16.7 Å². The van der Waals surface area contributed by atoms with E-state index in [9.17, 15) is 0 Å². The molecule has 0 saturated heterocycles. The van der Waals surface area contributed by atoms with Gasteiger partial charge in [-0.1, -0.05) is 89.7 Å². The molecule has 0 aromatic heterocycles. The fourth-order valence-corrected chi connectivity index (χ4v) is 6.45. The van der Waals surface area contributed by atoms with Crippen LogP contribution in [-0.2, 0) is 5.41 Å². The van der Waals surface area contributed by atoms with E-state index in [2.05, 4.69) is 25.1 Å². The molecule has 2 aliphatic carbocycles. The number of hydrogen-bond acceptors (Lipinski definition) is 1. The summed E-state index contributed by atoms with van der Waals surface area (Å²) in [6.07, 6.45) is 25.6. The first-order chi connectivity index (χ1) is 14.2. The molecule has 0 aliphatic heterocycles. The van der Waals surface area contributed by atoms with Gasteiger partial charge in [-0.2, -0.15) is 5.26 Å². The molecule has 29 heavy (non-hydrogen) atoms. The number of rotatable bonds is 10. The standard InChI is InChI=1S/C28H43N/c1-2-3-6-17-27(18-7-4-8-19-27)20-11-12-23-28(21-9-5-10-22-28)26-15-13-25(24-29)14-16-26/h13-16H,2-12,17-23H2,1H3.